The summed E-state index contributed by atoms with van der Waals surface area (Å²) in [6.45, 7) is 0.859. The minimum Gasteiger partial charge on any atom is -0.316 e. The van der Waals surface area contributed by atoms with Crippen LogP contribution < -0.4 is 10.6 Å². The minimum atomic E-state index is -0.367. The molecule has 170 valence electrons. The van der Waals surface area contributed by atoms with Gasteiger partial charge in [0.1, 0.15) is 5.82 Å². The fourth-order valence-electron chi connectivity index (χ4n) is 3.75. The highest BCUT2D eigenvalue weighted by Gasteiger charge is 2.10. The van der Waals surface area contributed by atoms with Gasteiger partial charge >= 0.3 is 0 Å². The molecule has 0 fully saturated rings. The zero-order valence-corrected chi connectivity index (χ0v) is 19.5. The summed E-state index contributed by atoms with van der Waals surface area (Å²) >= 11 is 11.5. The fourth-order valence-corrected chi connectivity index (χ4v) is 4.18. The van der Waals surface area contributed by atoms with Crippen molar-refractivity contribution in [2.45, 2.75) is 13.1 Å². The van der Waals surface area contributed by atoms with Crippen LogP contribution in [0.3, 0.4) is 0 Å². The average Bonchev–Trinajstić information content (AvgIpc) is 3.45. The Bertz CT molecular complexity index is 1450. The number of thiocarbonyl (C=S) groups is 1. The molecule has 0 aliphatic heterocycles. The van der Waals surface area contributed by atoms with Crippen molar-refractivity contribution in [3.63, 3.8) is 0 Å². The molecule has 0 atom stereocenters. The van der Waals surface area contributed by atoms with E-state index in [1.165, 1.54) is 22.4 Å². The molecule has 34 heavy (non-hydrogen) atoms. The van der Waals surface area contributed by atoms with E-state index in [2.05, 4.69) is 51.2 Å². The van der Waals surface area contributed by atoms with Gasteiger partial charge in [0.2, 0.25) is 0 Å². The van der Waals surface area contributed by atoms with E-state index in [0.29, 0.717) is 33.9 Å². The van der Waals surface area contributed by atoms with E-state index >= 15 is 0 Å². The van der Waals surface area contributed by atoms with Gasteiger partial charge in [0.05, 0.1) is 13.1 Å². The Hall–Kier alpha value is -3.75. The molecule has 2 N–H and O–H groups in total. The predicted molar refractivity (Wildman–Crippen MR) is 138 cm³/mol. The second-order valence-electron chi connectivity index (χ2n) is 7.71. The lowest BCUT2D eigenvalue weighted by Gasteiger charge is -2.08. The molecule has 0 aliphatic rings. The van der Waals surface area contributed by atoms with E-state index < -0.39 is 0 Å². The quantitative estimate of drug-likeness (QED) is 0.289. The summed E-state index contributed by atoms with van der Waals surface area (Å²) in [5.74, 6) is 0.782. The van der Waals surface area contributed by atoms with E-state index in [9.17, 15) is 4.39 Å². The first-order chi connectivity index (χ1) is 16.5. The van der Waals surface area contributed by atoms with E-state index in [-0.39, 0.29) is 12.4 Å². The van der Waals surface area contributed by atoms with Crippen molar-refractivity contribution >= 4 is 51.3 Å². The second kappa shape index (κ2) is 9.62. The molecule has 0 saturated carbocycles. The zero-order chi connectivity index (χ0) is 23.5. The molecule has 0 aliphatic carbocycles. The molecule has 0 bridgehead atoms. The molecule has 0 spiro atoms. The van der Waals surface area contributed by atoms with Crippen LogP contribution in [0.25, 0.3) is 10.8 Å². The van der Waals surface area contributed by atoms with Gasteiger partial charge in [0.15, 0.2) is 16.7 Å². The normalized spacial score (nSPS) is 11.0. The number of hydrogen-bond acceptors (Lipinski definition) is 3. The Morgan fingerprint density at radius 1 is 0.824 bits per heavy atom. The van der Waals surface area contributed by atoms with Gasteiger partial charge in [0.25, 0.3) is 0 Å². The number of halogens is 2. The standard InChI is InChI=1S/C25H20ClFN6S/c26-21-9-4-10-22(27)20(21)16-33-14-12-24(31-33)29-25(34)28-23-11-13-32(30-23)15-18-7-3-6-17-5-1-2-8-19(17)18/h1-14H,15-16H2,(H2,28,29,30,31,34). The Labute approximate surface area is 206 Å². The Morgan fingerprint density at radius 2 is 1.47 bits per heavy atom. The number of benzene rings is 3. The van der Waals surface area contributed by atoms with Crippen LogP contribution >= 0.6 is 23.8 Å². The van der Waals surface area contributed by atoms with Gasteiger partial charge in [-0.25, -0.2) is 4.39 Å². The third-order valence-corrected chi connectivity index (χ3v) is 5.92. The van der Waals surface area contributed by atoms with E-state index in [0.717, 1.165) is 0 Å². The molecule has 5 aromatic rings. The van der Waals surface area contributed by atoms with Crippen LogP contribution in [-0.2, 0) is 13.1 Å². The number of hydrogen-bond donors (Lipinski definition) is 2. The molecule has 0 amide bonds. The number of aromatic nitrogens is 4. The number of rotatable bonds is 6. The third kappa shape index (κ3) is 4.93. The lowest BCUT2D eigenvalue weighted by atomic mass is 10.0. The summed E-state index contributed by atoms with van der Waals surface area (Å²) in [7, 11) is 0. The van der Waals surface area contributed by atoms with Crippen LogP contribution in [-0.4, -0.2) is 24.7 Å². The predicted octanol–water partition coefficient (Wildman–Crippen LogP) is 5.93. The topological polar surface area (TPSA) is 59.7 Å². The number of fused-ring (bicyclic) bond motifs is 1. The highest BCUT2D eigenvalue weighted by Crippen LogP contribution is 2.21. The molecule has 0 radical (unpaired) electrons. The number of nitrogens with zero attached hydrogens (tertiary/aromatic N) is 4. The van der Waals surface area contributed by atoms with Crippen LogP contribution in [0, 0.1) is 5.82 Å². The van der Waals surface area contributed by atoms with Gasteiger partial charge in [-0.2, -0.15) is 10.2 Å². The largest absolute Gasteiger partial charge is 0.316 e. The van der Waals surface area contributed by atoms with Gasteiger partial charge in [-0.3, -0.25) is 9.36 Å². The van der Waals surface area contributed by atoms with Gasteiger partial charge in [-0.15, -0.1) is 0 Å². The van der Waals surface area contributed by atoms with Gasteiger partial charge < -0.3 is 10.6 Å². The maximum absolute atomic E-state index is 14.0. The van der Waals surface area contributed by atoms with Crippen molar-refractivity contribution in [2.75, 3.05) is 10.6 Å². The van der Waals surface area contributed by atoms with E-state index in [1.54, 1.807) is 29.1 Å². The smallest absolute Gasteiger partial charge is 0.177 e. The monoisotopic (exact) mass is 490 g/mol. The first-order valence-electron chi connectivity index (χ1n) is 10.6. The highest BCUT2D eigenvalue weighted by molar-refractivity contribution is 7.80. The second-order valence-corrected chi connectivity index (χ2v) is 8.53. The summed E-state index contributed by atoms with van der Waals surface area (Å²) in [6.07, 6.45) is 3.63. The first kappa shape index (κ1) is 22.1. The van der Waals surface area contributed by atoms with E-state index in [1.807, 2.05) is 29.1 Å². The van der Waals surface area contributed by atoms with Crippen LogP contribution in [0.5, 0.6) is 0 Å². The molecule has 6 nitrogen and oxygen atoms in total. The molecule has 2 aromatic heterocycles. The molecule has 0 saturated heterocycles. The number of anilines is 2. The van der Waals surface area contributed by atoms with Crippen molar-refractivity contribution in [3.05, 3.63) is 107 Å². The Kier molecular flexibility index (Phi) is 6.24. The van der Waals surface area contributed by atoms with Crippen LogP contribution in [0.15, 0.2) is 85.2 Å². The van der Waals surface area contributed by atoms with Crippen LogP contribution in [0.1, 0.15) is 11.1 Å². The SMILES string of the molecule is Fc1cccc(Cl)c1Cn1ccc(NC(=S)Nc2ccn(Cc3cccc4ccccc34)n2)n1. The van der Waals surface area contributed by atoms with Crippen molar-refractivity contribution in [3.8, 4) is 0 Å². The van der Waals surface area contributed by atoms with Gasteiger partial charge in [-0.1, -0.05) is 60.1 Å². The summed E-state index contributed by atoms with van der Waals surface area (Å²) in [5.41, 5.74) is 1.57. The zero-order valence-electron chi connectivity index (χ0n) is 18.0. The summed E-state index contributed by atoms with van der Waals surface area (Å²) < 4.78 is 17.5. The van der Waals surface area contributed by atoms with Crippen LogP contribution in [0.2, 0.25) is 5.02 Å². The Balaban J connectivity index is 1.21. The Morgan fingerprint density at radius 3 is 2.21 bits per heavy atom. The van der Waals surface area contributed by atoms with Gasteiger partial charge in [-0.05, 0) is 40.7 Å². The molecule has 2 heterocycles. The highest BCUT2D eigenvalue weighted by atomic mass is 35.5. The third-order valence-electron chi connectivity index (χ3n) is 5.36. The number of nitrogens with one attached hydrogen (secondary N) is 2. The summed E-state index contributed by atoms with van der Waals surface area (Å²) in [4.78, 5) is 0. The summed E-state index contributed by atoms with van der Waals surface area (Å²) in [6, 6.07) is 22.8. The molecule has 5 rings (SSSR count). The van der Waals surface area contributed by atoms with Gasteiger partial charge in [0, 0.05) is 35.1 Å². The van der Waals surface area contributed by atoms with Crippen molar-refractivity contribution in [1.82, 2.24) is 19.6 Å². The lowest BCUT2D eigenvalue weighted by molar-refractivity contribution is 0.586. The molecular weight excluding hydrogens is 471 g/mol. The molecule has 0 unspecified atom stereocenters. The fraction of sp³-hybridized carbons (Fsp3) is 0.0800. The van der Waals surface area contributed by atoms with Crippen molar-refractivity contribution in [2.24, 2.45) is 0 Å². The maximum Gasteiger partial charge on any atom is 0.177 e. The maximum atomic E-state index is 14.0. The van der Waals surface area contributed by atoms with Crippen LogP contribution in [0.4, 0.5) is 16.0 Å². The van der Waals surface area contributed by atoms with Crippen molar-refractivity contribution in [1.29, 1.82) is 0 Å². The average molecular weight is 491 g/mol. The molecule has 9 heteroatoms. The molecular formula is C25H20ClFN6S. The molecule has 3 aromatic carbocycles. The van der Waals surface area contributed by atoms with Crippen molar-refractivity contribution < 1.29 is 4.39 Å². The minimum absolute atomic E-state index is 0.214. The lowest BCUT2D eigenvalue weighted by Crippen LogP contribution is -2.20. The first-order valence-corrected chi connectivity index (χ1v) is 11.4. The van der Waals surface area contributed by atoms with E-state index in [4.69, 9.17) is 23.8 Å². The summed E-state index contributed by atoms with van der Waals surface area (Å²) in [5, 5.41) is 18.2.